The quantitative estimate of drug-likeness (QED) is 0.515. The van der Waals surface area contributed by atoms with Gasteiger partial charge in [-0.2, -0.15) is 0 Å². The molecule has 116 valence electrons. The molecule has 0 saturated carbocycles. The van der Waals surface area contributed by atoms with Crippen LogP contribution in [0.4, 0.5) is 5.69 Å². The van der Waals surface area contributed by atoms with E-state index in [1.54, 1.807) is 0 Å². The third-order valence-corrected chi connectivity index (χ3v) is 4.15. The van der Waals surface area contributed by atoms with Crippen LogP contribution in [0.1, 0.15) is 23.6 Å². The minimum atomic E-state index is 0.550. The first kappa shape index (κ1) is 15.3. The molecule has 0 saturated heterocycles. The summed E-state index contributed by atoms with van der Waals surface area (Å²) in [6.07, 6.45) is 0. The summed E-state index contributed by atoms with van der Waals surface area (Å²) in [7, 11) is 0. The van der Waals surface area contributed by atoms with Crippen LogP contribution in [0, 0.1) is 19.3 Å². The zero-order valence-electron chi connectivity index (χ0n) is 13.9. The molecule has 2 nitrogen and oxygen atoms in total. The Hall–Kier alpha value is -2.61. The maximum absolute atomic E-state index is 8.77. The fraction of sp³-hybridized carbons (Fsp3) is 0.190. The van der Waals surface area contributed by atoms with Gasteiger partial charge >= 0.3 is 0 Å². The standard InChI is InChI=1S/C21H22N2/c1-4-23(18-13-15(2)12-16(3)14-18)21(22)20-11-7-9-17-8-5-6-10-19(17)20/h5-14,22H,4H2,1-3H3. The number of hydrogen-bond donors (Lipinski definition) is 1. The lowest BCUT2D eigenvalue weighted by Crippen LogP contribution is -2.31. The maximum atomic E-state index is 8.77. The van der Waals surface area contributed by atoms with Gasteiger partial charge in [0.25, 0.3) is 0 Å². The second-order valence-corrected chi connectivity index (χ2v) is 5.97. The number of benzene rings is 3. The fourth-order valence-corrected chi connectivity index (χ4v) is 3.15. The molecule has 0 aromatic heterocycles. The summed E-state index contributed by atoms with van der Waals surface area (Å²) < 4.78 is 0. The number of fused-ring (bicyclic) bond motifs is 1. The summed E-state index contributed by atoms with van der Waals surface area (Å²) in [6, 6.07) is 20.9. The number of nitrogens with zero attached hydrogens (tertiary/aromatic N) is 1. The van der Waals surface area contributed by atoms with E-state index in [-0.39, 0.29) is 0 Å². The van der Waals surface area contributed by atoms with Crippen molar-refractivity contribution in [3.05, 3.63) is 77.4 Å². The predicted octanol–water partition coefficient (Wildman–Crippen LogP) is 5.31. The highest BCUT2D eigenvalue weighted by Gasteiger charge is 2.15. The predicted molar refractivity (Wildman–Crippen MR) is 99.7 cm³/mol. The summed E-state index contributed by atoms with van der Waals surface area (Å²) in [5.74, 6) is 0.550. The van der Waals surface area contributed by atoms with Gasteiger partial charge in [-0.05, 0) is 54.8 Å². The van der Waals surface area contributed by atoms with Gasteiger partial charge < -0.3 is 4.90 Å². The molecule has 0 spiro atoms. The molecule has 0 aliphatic rings. The highest BCUT2D eigenvalue weighted by Crippen LogP contribution is 2.24. The van der Waals surface area contributed by atoms with Crippen LogP contribution in [0.15, 0.2) is 60.7 Å². The van der Waals surface area contributed by atoms with E-state index in [4.69, 9.17) is 5.41 Å². The SMILES string of the molecule is CCN(C(=N)c1cccc2ccccc12)c1cc(C)cc(C)c1. The van der Waals surface area contributed by atoms with Crippen LogP contribution in [0.2, 0.25) is 0 Å². The molecule has 0 aliphatic carbocycles. The second-order valence-electron chi connectivity index (χ2n) is 5.97. The van der Waals surface area contributed by atoms with E-state index in [1.807, 2.05) is 24.3 Å². The Morgan fingerprint density at radius 1 is 0.913 bits per heavy atom. The first-order chi connectivity index (χ1) is 11.1. The number of rotatable bonds is 3. The van der Waals surface area contributed by atoms with Crippen molar-refractivity contribution in [3.63, 3.8) is 0 Å². The lowest BCUT2D eigenvalue weighted by molar-refractivity contribution is 1.04. The number of anilines is 1. The van der Waals surface area contributed by atoms with Crippen LogP contribution in [-0.2, 0) is 0 Å². The van der Waals surface area contributed by atoms with Crippen LogP contribution in [0.25, 0.3) is 10.8 Å². The monoisotopic (exact) mass is 302 g/mol. The molecule has 0 atom stereocenters. The highest BCUT2D eigenvalue weighted by molar-refractivity contribution is 6.15. The van der Waals surface area contributed by atoms with Gasteiger partial charge in [-0.25, -0.2) is 0 Å². The van der Waals surface area contributed by atoms with E-state index in [0.717, 1.165) is 23.2 Å². The van der Waals surface area contributed by atoms with Gasteiger partial charge in [0, 0.05) is 17.8 Å². The largest absolute Gasteiger partial charge is 0.327 e. The minimum Gasteiger partial charge on any atom is -0.327 e. The van der Waals surface area contributed by atoms with E-state index in [0.29, 0.717) is 5.84 Å². The number of hydrogen-bond acceptors (Lipinski definition) is 1. The number of aryl methyl sites for hydroxylation is 2. The van der Waals surface area contributed by atoms with Crippen molar-refractivity contribution in [3.8, 4) is 0 Å². The molecular formula is C21H22N2. The van der Waals surface area contributed by atoms with Gasteiger partial charge in [0.2, 0.25) is 0 Å². The van der Waals surface area contributed by atoms with Crippen molar-refractivity contribution >= 4 is 22.3 Å². The topological polar surface area (TPSA) is 27.1 Å². The lowest BCUT2D eigenvalue weighted by Gasteiger charge is -2.25. The van der Waals surface area contributed by atoms with E-state index < -0.39 is 0 Å². The Kier molecular flexibility index (Phi) is 4.16. The Labute approximate surface area is 137 Å². The van der Waals surface area contributed by atoms with Crippen LogP contribution >= 0.6 is 0 Å². The first-order valence-corrected chi connectivity index (χ1v) is 8.02. The third-order valence-electron chi connectivity index (χ3n) is 4.15. The minimum absolute atomic E-state index is 0.550. The second kappa shape index (κ2) is 6.25. The van der Waals surface area contributed by atoms with E-state index in [2.05, 4.69) is 62.1 Å². The van der Waals surface area contributed by atoms with Crippen molar-refractivity contribution < 1.29 is 0 Å². The molecule has 0 unspecified atom stereocenters. The Balaban J connectivity index is 2.09. The summed E-state index contributed by atoms with van der Waals surface area (Å²) in [5, 5.41) is 11.1. The van der Waals surface area contributed by atoms with Crippen molar-refractivity contribution in [2.75, 3.05) is 11.4 Å². The fourth-order valence-electron chi connectivity index (χ4n) is 3.15. The number of nitrogens with one attached hydrogen (secondary N) is 1. The van der Waals surface area contributed by atoms with Crippen LogP contribution < -0.4 is 4.90 Å². The van der Waals surface area contributed by atoms with Crippen molar-refractivity contribution in [1.82, 2.24) is 0 Å². The van der Waals surface area contributed by atoms with E-state index >= 15 is 0 Å². The van der Waals surface area contributed by atoms with Crippen molar-refractivity contribution in [2.45, 2.75) is 20.8 Å². The summed E-state index contributed by atoms with van der Waals surface area (Å²) in [4.78, 5) is 2.07. The molecule has 3 rings (SSSR count). The van der Waals surface area contributed by atoms with Crippen molar-refractivity contribution in [1.29, 1.82) is 5.41 Å². The first-order valence-electron chi connectivity index (χ1n) is 8.02. The lowest BCUT2D eigenvalue weighted by atomic mass is 10.0. The van der Waals surface area contributed by atoms with Crippen molar-refractivity contribution in [2.24, 2.45) is 0 Å². The molecule has 0 amide bonds. The molecule has 2 heteroatoms. The molecule has 3 aromatic carbocycles. The van der Waals surface area contributed by atoms with Gasteiger partial charge in [-0.15, -0.1) is 0 Å². The van der Waals surface area contributed by atoms with Gasteiger partial charge in [0.1, 0.15) is 5.84 Å². The Morgan fingerprint density at radius 3 is 2.26 bits per heavy atom. The van der Waals surface area contributed by atoms with Crippen LogP contribution in [0.5, 0.6) is 0 Å². The summed E-state index contributed by atoms with van der Waals surface area (Å²) >= 11 is 0. The molecule has 0 bridgehead atoms. The van der Waals surface area contributed by atoms with Gasteiger partial charge in [0.05, 0.1) is 0 Å². The smallest absolute Gasteiger partial charge is 0.133 e. The summed E-state index contributed by atoms with van der Waals surface area (Å²) in [5.41, 5.74) is 4.51. The van der Waals surface area contributed by atoms with Gasteiger partial charge in [0.15, 0.2) is 0 Å². The highest BCUT2D eigenvalue weighted by atomic mass is 15.2. The molecule has 0 heterocycles. The summed E-state index contributed by atoms with van der Waals surface area (Å²) in [6.45, 7) is 7.07. The maximum Gasteiger partial charge on any atom is 0.133 e. The van der Waals surface area contributed by atoms with E-state index in [9.17, 15) is 0 Å². The average molecular weight is 302 g/mol. The zero-order chi connectivity index (χ0) is 16.4. The molecular weight excluding hydrogens is 280 g/mol. The van der Waals surface area contributed by atoms with Crippen LogP contribution in [-0.4, -0.2) is 12.4 Å². The molecule has 0 fully saturated rings. The number of amidine groups is 1. The molecule has 3 aromatic rings. The molecule has 1 N–H and O–H groups in total. The third kappa shape index (κ3) is 2.98. The Bertz CT molecular complexity index is 839. The Morgan fingerprint density at radius 2 is 1.57 bits per heavy atom. The normalized spacial score (nSPS) is 10.7. The average Bonchev–Trinajstić information content (AvgIpc) is 2.54. The zero-order valence-corrected chi connectivity index (χ0v) is 13.9. The van der Waals surface area contributed by atoms with Crippen LogP contribution in [0.3, 0.4) is 0 Å². The molecule has 0 aliphatic heterocycles. The van der Waals surface area contributed by atoms with Gasteiger partial charge in [-0.3, -0.25) is 5.41 Å². The molecule has 23 heavy (non-hydrogen) atoms. The van der Waals surface area contributed by atoms with Gasteiger partial charge in [-0.1, -0.05) is 48.5 Å². The molecule has 0 radical (unpaired) electrons. The van der Waals surface area contributed by atoms with E-state index in [1.165, 1.54) is 16.5 Å².